The Morgan fingerprint density at radius 1 is 1.18 bits per heavy atom. The van der Waals surface area contributed by atoms with Gasteiger partial charge in [0.05, 0.1) is 29.3 Å². The van der Waals surface area contributed by atoms with Crippen LogP contribution in [0.25, 0.3) is 16.9 Å². The van der Waals surface area contributed by atoms with Crippen molar-refractivity contribution in [3.63, 3.8) is 0 Å². The van der Waals surface area contributed by atoms with Crippen LogP contribution in [0.4, 0.5) is 5.82 Å². The van der Waals surface area contributed by atoms with Crippen molar-refractivity contribution < 1.29 is 14.7 Å². The molecule has 0 unspecified atom stereocenters. The summed E-state index contributed by atoms with van der Waals surface area (Å²) in [4.78, 5) is 32.7. The number of hydrogen-bond donors (Lipinski definition) is 3. The highest BCUT2D eigenvalue weighted by molar-refractivity contribution is 6.30. The van der Waals surface area contributed by atoms with E-state index in [9.17, 15) is 14.7 Å². The molecule has 0 saturated heterocycles. The smallest absolute Gasteiger partial charge is 0.253 e. The third-order valence-corrected chi connectivity index (χ3v) is 5.46. The lowest BCUT2D eigenvalue weighted by Crippen LogP contribution is -2.26. The van der Waals surface area contributed by atoms with Crippen molar-refractivity contribution in [2.75, 3.05) is 11.9 Å². The first kappa shape index (κ1) is 23.3. The topological polar surface area (TPSA) is 122 Å². The number of nitrogens with one attached hydrogen (secondary N) is 2. The highest BCUT2D eigenvalue weighted by atomic mass is 35.5. The van der Waals surface area contributed by atoms with Gasteiger partial charge in [-0.15, -0.1) is 0 Å². The summed E-state index contributed by atoms with van der Waals surface area (Å²) in [5.41, 5.74) is 3.57. The lowest BCUT2D eigenvalue weighted by atomic mass is 10.1. The van der Waals surface area contributed by atoms with Crippen LogP contribution in [-0.4, -0.2) is 43.0 Å². The Bertz CT molecular complexity index is 1350. The van der Waals surface area contributed by atoms with E-state index in [-0.39, 0.29) is 18.4 Å². The van der Waals surface area contributed by atoms with Crippen molar-refractivity contribution in [3.05, 3.63) is 76.7 Å². The van der Waals surface area contributed by atoms with Gasteiger partial charge in [0, 0.05) is 30.3 Å². The van der Waals surface area contributed by atoms with Crippen molar-refractivity contribution >= 4 is 34.9 Å². The van der Waals surface area contributed by atoms with Gasteiger partial charge in [-0.05, 0) is 49.2 Å². The van der Waals surface area contributed by atoms with Crippen molar-refractivity contribution in [1.82, 2.24) is 24.9 Å². The number of aryl methyl sites for hydroxylation is 1. The molecule has 1 atom stereocenters. The average Bonchev–Trinajstić information content (AvgIpc) is 3.20. The van der Waals surface area contributed by atoms with Gasteiger partial charge in [0.2, 0.25) is 5.91 Å². The second kappa shape index (κ2) is 9.98. The van der Waals surface area contributed by atoms with E-state index in [0.717, 1.165) is 5.56 Å². The first-order valence-corrected chi connectivity index (χ1v) is 11.0. The van der Waals surface area contributed by atoms with Crippen LogP contribution in [0.5, 0.6) is 0 Å². The van der Waals surface area contributed by atoms with Crippen LogP contribution >= 0.6 is 11.6 Å². The van der Waals surface area contributed by atoms with Crippen LogP contribution in [0, 0.1) is 6.92 Å². The number of benzene rings is 1. The molecule has 4 aromatic rings. The third-order valence-electron chi connectivity index (χ3n) is 5.21. The number of fused-ring (bicyclic) bond motifs is 1. The fourth-order valence-electron chi connectivity index (χ4n) is 3.45. The van der Waals surface area contributed by atoms with Crippen LogP contribution in [0.3, 0.4) is 0 Å². The highest BCUT2D eigenvalue weighted by Gasteiger charge is 2.14. The van der Waals surface area contributed by atoms with Gasteiger partial charge in [0.15, 0.2) is 11.5 Å². The quantitative estimate of drug-likeness (QED) is 0.373. The first-order valence-electron chi connectivity index (χ1n) is 10.6. The molecule has 0 aliphatic heterocycles. The third kappa shape index (κ3) is 5.38. The number of hydrogen-bond acceptors (Lipinski definition) is 6. The Hall–Kier alpha value is -3.82. The van der Waals surface area contributed by atoms with Crippen LogP contribution in [0.15, 0.2) is 54.9 Å². The molecular weight excluding hydrogens is 456 g/mol. The Labute approximate surface area is 200 Å². The van der Waals surface area contributed by atoms with Gasteiger partial charge in [0.1, 0.15) is 0 Å². The predicted molar refractivity (Wildman–Crippen MR) is 129 cm³/mol. The molecule has 0 saturated carbocycles. The zero-order valence-corrected chi connectivity index (χ0v) is 19.4. The number of pyridine rings is 1. The number of amides is 2. The summed E-state index contributed by atoms with van der Waals surface area (Å²) in [5.74, 6) is -0.102. The standard InChI is InChI=1S/C24H23ClN6O3/c1-14-19(24(34)26-10-9-21(33)16-3-5-18(25)6-4-16)11-17(12-27-14)20-7-8-23-29-22(28-15(2)32)13-31(23)30-20/h3-8,11-13,21,33H,9-10H2,1-2H3,(H,26,34)(H,28,32)/t21-/m0/s1. The zero-order chi connectivity index (χ0) is 24.2. The second-order valence-corrected chi connectivity index (χ2v) is 8.23. The van der Waals surface area contributed by atoms with E-state index >= 15 is 0 Å². The highest BCUT2D eigenvalue weighted by Crippen LogP contribution is 2.21. The molecule has 3 N–H and O–H groups in total. The predicted octanol–water partition coefficient (Wildman–Crippen LogP) is 3.57. The van der Waals surface area contributed by atoms with E-state index in [1.807, 2.05) is 0 Å². The molecule has 9 nitrogen and oxygen atoms in total. The molecular formula is C24H23ClN6O3. The van der Waals surface area contributed by atoms with Crippen LogP contribution < -0.4 is 10.6 Å². The van der Waals surface area contributed by atoms with Crippen LogP contribution in [0.2, 0.25) is 5.02 Å². The molecule has 1 aromatic carbocycles. The van der Waals surface area contributed by atoms with E-state index in [0.29, 0.717) is 45.4 Å². The number of aliphatic hydroxyl groups is 1. The Balaban J connectivity index is 1.46. The molecule has 0 fully saturated rings. The van der Waals surface area contributed by atoms with Gasteiger partial charge in [-0.1, -0.05) is 23.7 Å². The summed E-state index contributed by atoms with van der Waals surface area (Å²) in [6.45, 7) is 3.46. The molecule has 4 rings (SSSR count). The normalized spacial score (nSPS) is 11.9. The SMILES string of the molecule is CC(=O)Nc1cn2nc(-c3cnc(C)c(C(=O)NCC[C@H](O)c4ccc(Cl)cc4)c3)ccc2n1. The molecule has 0 aliphatic rings. The van der Waals surface area contributed by atoms with Gasteiger partial charge < -0.3 is 15.7 Å². The van der Waals surface area contributed by atoms with Crippen molar-refractivity contribution in [1.29, 1.82) is 0 Å². The Kier molecular flexibility index (Phi) is 6.85. The molecule has 34 heavy (non-hydrogen) atoms. The van der Waals surface area contributed by atoms with Gasteiger partial charge in [-0.3, -0.25) is 14.6 Å². The van der Waals surface area contributed by atoms with Crippen molar-refractivity contribution in [2.24, 2.45) is 0 Å². The molecule has 3 heterocycles. The fraction of sp³-hybridized carbons (Fsp3) is 0.208. The molecule has 10 heteroatoms. The summed E-state index contributed by atoms with van der Waals surface area (Å²) in [6, 6.07) is 12.2. The lowest BCUT2D eigenvalue weighted by Gasteiger charge is -2.13. The molecule has 174 valence electrons. The van der Waals surface area contributed by atoms with E-state index < -0.39 is 6.10 Å². The van der Waals surface area contributed by atoms with Crippen molar-refractivity contribution in [2.45, 2.75) is 26.4 Å². The number of carbonyl (C=O) groups excluding carboxylic acids is 2. The maximum atomic E-state index is 12.8. The number of aromatic nitrogens is 4. The summed E-state index contributed by atoms with van der Waals surface area (Å²) >= 11 is 5.88. The van der Waals surface area contributed by atoms with Gasteiger partial charge >= 0.3 is 0 Å². The van der Waals surface area contributed by atoms with Gasteiger partial charge in [-0.2, -0.15) is 5.10 Å². The number of carbonyl (C=O) groups is 2. The number of nitrogens with zero attached hydrogens (tertiary/aromatic N) is 4. The zero-order valence-electron chi connectivity index (χ0n) is 18.6. The van der Waals surface area contributed by atoms with E-state index in [1.54, 1.807) is 66.3 Å². The molecule has 0 spiro atoms. The van der Waals surface area contributed by atoms with E-state index in [1.165, 1.54) is 6.92 Å². The molecule has 0 aliphatic carbocycles. The van der Waals surface area contributed by atoms with E-state index in [2.05, 4.69) is 25.7 Å². The van der Waals surface area contributed by atoms with Crippen LogP contribution in [0.1, 0.15) is 41.1 Å². The van der Waals surface area contributed by atoms with Gasteiger partial charge in [0.25, 0.3) is 5.91 Å². The minimum Gasteiger partial charge on any atom is -0.388 e. The number of aliphatic hydroxyl groups excluding tert-OH is 1. The minimum atomic E-state index is -0.711. The van der Waals surface area contributed by atoms with E-state index in [4.69, 9.17) is 11.6 Å². The summed E-state index contributed by atoms with van der Waals surface area (Å²) in [7, 11) is 0. The average molecular weight is 479 g/mol. The van der Waals surface area contributed by atoms with Crippen molar-refractivity contribution in [3.8, 4) is 11.3 Å². The Morgan fingerprint density at radius 3 is 2.68 bits per heavy atom. The number of imidazole rings is 1. The molecule has 0 radical (unpaired) electrons. The number of rotatable bonds is 7. The minimum absolute atomic E-state index is 0.220. The summed E-state index contributed by atoms with van der Waals surface area (Å²) in [6.07, 6.45) is 2.91. The van der Waals surface area contributed by atoms with Crippen LogP contribution in [-0.2, 0) is 4.79 Å². The van der Waals surface area contributed by atoms with Gasteiger partial charge in [-0.25, -0.2) is 9.50 Å². The first-order chi connectivity index (χ1) is 16.3. The summed E-state index contributed by atoms with van der Waals surface area (Å²) < 4.78 is 1.55. The lowest BCUT2D eigenvalue weighted by molar-refractivity contribution is -0.114. The maximum Gasteiger partial charge on any atom is 0.253 e. The largest absolute Gasteiger partial charge is 0.388 e. The number of anilines is 1. The molecule has 2 amide bonds. The molecule has 0 bridgehead atoms. The second-order valence-electron chi connectivity index (χ2n) is 7.80. The number of halogens is 1. The monoisotopic (exact) mass is 478 g/mol. The molecule has 3 aromatic heterocycles. The Morgan fingerprint density at radius 2 is 1.94 bits per heavy atom. The fourth-order valence-corrected chi connectivity index (χ4v) is 3.57. The summed E-state index contributed by atoms with van der Waals surface area (Å²) in [5, 5.41) is 20.9. The maximum absolute atomic E-state index is 12.8.